The van der Waals surface area contributed by atoms with Crippen LogP contribution in [0.15, 0.2) is 146 Å². The molecule has 103 heavy (non-hydrogen) atoms. The first-order valence-electron chi connectivity index (χ1n) is 36.1. The Morgan fingerprint density at radius 2 is 0.893 bits per heavy atom. The third kappa shape index (κ3) is 17.9. The Kier molecular flexibility index (Phi) is 24.6. The summed E-state index contributed by atoms with van der Waals surface area (Å²) in [5.74, 6) is -1.59. The second kappa shape index (κ2) is 34.8. The molecule has 13 rings (SSSR count). The highest BCUT2D eigenvalue weighted by molar-refractivity contribution is 6.17. The molecule has 0 bridgehead atoms. The zero-order valence-electron chi connectivity index (χ0n) is 59.0. The van der Waals surface area contributed by atoms with E-state index in [4.69, 9.17) is 31.0 Å². The number of likely N-dealkylation sites (tertiary alicyclic amines) is 1. The van der Waals surface area contributed by atoms with Gasteiger partial charge in [-0.15, -0.1) is 11.6 Å². The Hall–Kier alpha value is -9.93. The summed E-state index contributed by atoms with van der Waals surface area (Å²) in [5.41, 5.74) is 14.7. The topological polar surface area (TPSA) is 224 Å². The number of ether oxygens (including phenoxy) is 2. The number of nitrogens with zero attached hydrogens (tertiary/aromatic N) is 7. The molecule has 3 saturated heterocycles. The minimum atomic E-state index is -0.357. The predicted octanol–water partition coefficient (Wildman–Crippen LogP) is 14.3. The summed E-state index contributed by atoms with van der Waals surface area (Å²) in [4.78, 5) is 66.0. The van der Waals surface area contributed by atoms with E-state index in [-0.39, 0.29) is 73.5 Å². The largest absolute Gasteiger partial charge is 0.381 e. The SMILES string of the molecule is CCc1nc2c(cnn2CC)c(NC2CCOCC2)c1CNC(=O)c1cccc(C(=O)NCc2ccc(F)c(-c3cccc(CCl)c3)c2)c1.CCc1nc2c(cnn2CC)c(NC2CCOCC2)c1CNC(=O)c1cccc(C(=O)NCc2ccc(F)c(-c3cccc(CN4CCCCC4)c3)c2)c1. The van der Waals surface area contributed by atoms with Crippen molar-refractivity contribution < 1.29 is 37.4 Å². The summed E-state index contributed by atoms with van der Waals surface area (Å²) < 4.78 is 44.8. The molecule has 22 heteroatoms. The number of carbonyl (C=O) groups is 4. The monoisotopic (exact) mass is 1410 g/mol. The maximum absolute atomic E-state index is 15.1. The van der Waals surface area contributed by atoms with E-state index in [1.807, 2.05) is 72.0 Å². The number of alkyl halides is 1. The number of amides is 4. The fourth-order valence-corrected chi connectivity index (χ4v) is 13.9. The molecule has 3 fully saturated rings. The number of hydrogen-bond donors (Lipinski definition) is 6. The van der Waals surface area contributed by atoms with Gasteiger partial charge < -0.3 is 41.4 Å². The lowest BCUT2D eigenvalue weighted by atomic mass is 9.99. The Labute approximate surface area is 604 Å². The number of piperidine rings is 1. The van der Waals surface area contributed by atoms with Gasteiger partial charge >= 0.3 is 0 Å². The van der Waals surface area contributed by atoms with Crippen LogP contribution in [0.3, 0.4) is 0 Å². The molecule has 4 aromatic heterocycles. The van der Waals surface area contributed by atoms with E-state index < -0.39 is 0 Å². The van der Waals surface area contributed by atoms with Crippen LogP contribution in [0, 0.1) is 11.6 Å². The maximum atomic E-state index is 15.1. The minimum Gasteiger partial charge on any atom is -0.381 e. The molecule has 0 radical (unpaired) electrons. The Balaban J connectivity index is 0.000000195. The molecular weight excluding hydrogens is 1320 g/mol. The fraction of sp³-hybridized carbons (Fsp3) is 0.358. The zero-order valence-corrected chi connectivity index (χ0v) is 59.7. The molecule has 3 aliphatic rings. The first kappa shape index (κ1) is 72.8. The smallest absolute Gasteiger partial charge is 0.251 e. The number of anilines is 2. The van der Waals surface area contributed by atoms with Crippen LogP contribution in [0.4, 0.5) is 20.2 Å². The van der Waals surface area contributed by atoms with Crippen molar-refractivity contribution in [1.82, 2.24) is 55.7 Å². The average molecular weight is 1420 g/mol. The van der Waals surface area contributed by atoms with Crippen LogP contribution >= 0.6 is 11.6 Å². The lowest BCUT2D eigenvalue weighted by Crippen LogP contribution is -2.30. The molecule has 0 unspecified atom stereocenters. The third-order valence-electron chi connectivity index (χ3n) is 19.4. The minimum absolute atomic E-state index is 0.185. The molecule has 6 aromatic carbocycles. The van der Waals surface area contributed by atoms with Crippen molar-refractivity contribution in [2.75, 3.05) is 50.2 Å². The Morgan fingerprint density at radius 1 is 0.485 bits per heavy atom. The summed E-state index contributed by atoms with van der Waals surface area (Å²) in [6, 6.07) is 39.0. The van der Waals surface area contributed by atoms with Crippen molar-refractivity contribution in [3.63, 3.8) is 0 Å². The Bertz CT molecular complexity index is 4660. The van der Waals surface area contributed by atoms with Crippen LogP contribution in [-0.4, -0.2) is 110 Å². The van der Waals surface area contributed by atoms with Gasteiger partial charge in [0, 0.05) is 146 Å². The normalized spacial score (nSPS) is 14.4. The number of aromatic nitrogens is 6. The van der Waals surface area contributed by atoms with Gasteiger partial charge in [-0.1, -0.05) is 80.9 Å². The standard InChI is InChI=1S/C43H50FN7O3.C38H40ClFN6O3/c1-3-39-36(40(48-34-16-20-54-21-17-34)37-27-47-51(4-2)41(37)49-39)26-46-43(53)33-13-9-12-32(24-33)42(52)45-25-29-14-15-38(44)35(23-29)31-11-8-10-30(22-31)28-50-18-6-5-7-19-50;1-3-34-31(35(44-29-13-15-49-16-14-29)32-23-43-46(4-2)36(32)45-34)22-42-38(48)28-10-6-9-27(19-28)37(47)41-21-25-11-12-33(40)30(18-25)26-8-5-7-24(17-26)20-39/h8-15,22-24,27,34H,3-7,16-21,25-26,28H2,1-2H3,(H,45,52)(H,46,53)(H,48,49);5-12,17-19,23,29H,3-4,13-16,20-22H2,1-2H3,(H,41,47)(H,42,48)(H,44,45). The highest BCUT2D eigenvalue weighted by Gasteiger charge is 2.26. The van der Waals surface area contributed by atoms with E-state index in [0.29, 0.717) is 97.2 Å². The van der Waals surface area contributed by atoms with Crippen molar-refractivity contribution in [2.45, 2.75) is 149 Å². The van der Waals surface area contributed by atoms with E-state index in [1.54, 1.807) is 72.8 Å². The maximum Gasteiger partial charge on any atom is 0.251 e. The first-order valence-corrected chi connectivity index (χ1v) is 36.6. The van der Waals surface area contributed by atoms with Gasteiger partial charge in [0.25, 0.3) is 23.6 Å². The number of halogens is 3. The van der Waals surface area contributed by atoms with Crippen molar-refractivity contribution in [1.29, 1.82) is 0 Å². The second-order valence-corrected chi connectivity index (χ2v) is 26.6. The number of aryl methyl sites for hydroxylation is 4. The van der Waals surface area contributed by atoms with Gasteiger partial charge in [0.2, 0.25) is 0 Å². The first-order chi connectivity index (χ1) is 50.3. The van der Waals surface area contributed by atoms with E-state index in [0.717, 1.165) is 129 Å². The molecule has 7 heterocycles. The van der Waals surface area contributed by atoms with Crippen LogP contribution in [0.5, 0.6) is 0 Å². The molecule has 4 amide bonds. The molecule has 6 N–H and O–H groups in total. The number of pyridine rings is 2. The molecule has 536 valence electrons. The van der Waals surface area contributed by atoms with Crippen molar-refractivity contribution >= 4 is 68.7 Å². The lowest BCUT2D eigenvalue weighted by molar-refractivity contribution is 0.0903. The number of fused-ring (bicyclic) bond motifs is 2. The summed E-state index contributed by atoms with van der Waals surface area (Å²) >= 11 is 5.97. The van der Waals surface area contributed by atoms with Crippen LogP contribution in [0.25, 0.3) is 44.3 Å². The van der Waals surface area contributed by atoms with Crippen molar-refractivity contribution in [2.24, 2.45) is 0 Å². The molecule has 10 aromatic rings. The number of benzene rings is 6. The number of hydrogen-bond acceptors (Lipinski definition) is 13. The van der Waals surface area contributed by atoms with Crippen LogP contribution < -0.4 is 31.9 Å². The summed E-state index contributed by atoms with van der Waals surface area (Å²) in [5, 5.41) is 30.5. The summed E-state index contributed by atoms with van der Waals surface area (Å²) in [7, 11) is 0. The van der Waals surface area contributed by atoms with Gasteiger partial charge in [-0.25, -0.2) is 28.1 Å². The van der Waals surface area contributed by atoms with E-state index in [9.17, 15) is 23.6 Å². The molecule has 0 spiro atoms. The van der Waals surface area contributed by atoms with E-state index in [2.05, 4.69) is 73.0 Å². The molecule has 0 atom stereocenters. The van der Waals surface area contributed by atoms with Gasteiger partial charge in [0.05, 0.1) is 34.5 Å². The predicted molar refractivity (Wildman–Crippen MR) is 400 cm³/mol. The van der Waals surface area contributed by atoms with Crippen LogP contribution in [0.1, 0.15) is 159 Å². The van der Waals surface area contributed by atoms with Gasteiger partial charge in [-0.2, -0.15) is 10.2 Å². The van der Waals surface area contributed by atoms with Gasteiger partial charge in [0.15, 0.2) is 11.3 Å². The van der Waals surface area contributed by atoms with Crippen LogP contribution in [0.2, 0.25) is 0 Å². The number of nitrogens with one attached hydrogen (secondary N) is 6. The molecule has 0 saturated carbocycles. The lowest BCUT2D eigenvalue weighted by Gasteiger charge is -2.26. The molecular formula is C81H90ClF2N13O6. The number of rotatable bonds is 25. The van der Waals surface area contributed by atoms with Gasteiger partial charge in [-0.05, 0) is 184 Å². The summed E-state index contributed by atoms with van der Waals surface area (Å²) in [6.07, 6.45) is 12.3. The molecule has 19 nitrogen and oxygen atoms in total. The number of carbonyl (C=O) groups excluding carboxylic acids is 4. The third-order valence-corrected chi connectivity index (χ3v) is 19.7. The quantitative estimate of drug-likeness (QED) is 0.0293. The van der Waals surface area contributed by atoms with Gasteiger partial charge in [-0.3, -0.25) is 24.1 Å². The second-order valence-electron chi connectivity index (χ2n) is 26.4. The summed E-state index contributed by atoms with van der Waals surface area (Å²) in [6.45, 7) is 16.4. The molecule has 0 aliphatic carbocycles. The van der Waals surface area contributed by atoms with Crippen LogP contribution in [-0.2, 0) is 74.0 Å². The zero-order chi connectivity index (χ0) is 71.8. The van der Waals surface area contributed by atoms with Crippen molar-refractivity contribution in [3.05, 3.63) is 225 Å². The van der Waals surface area contributed by atoms with E-state index in [1.165, 1.54) is 31.4 Å². The van der Waals surface area contributed by atoms with E-state index >= 15 is 4.39 Å². The van der Waals surface area contributed by atoms with Gasteiger partial charge in [0.1, 0.15) is 11.6 Å². The highest BCUT2D eigenvalue weighted by Crippen LogP contribution is 2.35. The Morgan fingerprint density at radius 3 is 1.31 bits per heavy atom. The fourth-order valence-electron chi connectivity index (χ4n) is 13.8. The van der Waals surface area contributed by atoms with Crippen molar-refractivity contribution in [3.8, 4) is 22.3 Å². The molecule has 3 aliphatic heterocycles. The average Bonchev–Trinajstić information content (AvgIpc) is 1.75. The highest BCUT2D eigenvalue weighted by atomic mass is 35.5.